The van der Waals surface area contributed by atoms with E-state index < -0.39 is 6.61 Å². The highest BCUT2D eigenvalue weighted by molar-refractivity contribution is 6.30. The van der Waals surface area contributed by atoms with Gasteiger partial charge in [-0.05, 0) is 25.1 Å². The lowest BCUT2D eigenvalue weighted by molar-refractivity contribution is -0.0504. The second-order valence-corrected chi connectivity index (χ2v) is 4.66. The van der Waals surface area contributed by atoms with Gasteiger partial charge in [-0.2, -0.15) is 8.78 Å². The molecule has 0 amide bonds. The van der Waals surface area contributed by atoms with Crippen molar-refractivity contribution in [2.24, 2.45) is 4.99 Å². The van der Waals surface area contributed by atoms with E-state index in [1.807, 2.05) is 6.92 Å². The number of aliphatic imine (C=N–C) groups is 1. The van der Waals surface area contributed by atoms with Crippen LogP contribution in [0.1, 0.15) is 12.5 Å². The van der Waals surface area contributed by atoms with Crippen LogP contribution in [0.4, 0.5) is 8.78 Å². The first-order chi connectivity index (χ1) is 9.04. The largest absolute Gasteiger partial charge is 0.434 e. The van der Waals surface area contributed by atoms with E-state index in [4.69, 9.17) is 11.6 Å². The molecule has 1 unspecified atom stereocenters. The van der Waals surface area contributed by atoms with Crippen molar-refractivity contribution in [2.75, 3.05) is 6.54 Å². The summed E-state index contributed by atoms with van der Waals surface area (Å²) in [5, 5.41) is 6.61. The Hall–Kier alpha value is -1.56. The maximum absolute atomic E-state index is 12.3. The number of hydrogen-bond donors (Lipinski definition) is 2. The summed E-state index contributed by atoms with van der Waals surface area (Å²) in [6.45, 7) is 0.143. The summed E-state index contributed by atoms with van der Waals surface area (Å²) >= 11 is 5.86. The Labute approximate surface area is 114 Å². The SMILES string of the molecule is CC1CN=C(NCc2cc(Cl)ccc2OC(F)F)N1. The molecule has 0 aliphatic carbocycles. The number of alkyl halides is 2. The number of hydrogen-bond acceptors (Lipinski definition) is 4. The van der Waals surface area contributed by atoms with Crippen LogP contribution in [0.5, 0.6) is 5.75 Å². The summed E-state index contributed by atoms with van der Waals surface area (Å²) in [5.41, 5.74) is 0.553. The number of nitrogens with zero attached hydrogens (tertiary/aromatic N) is 1. The van der Waals surface area contributed by atoms with Gasteiger partial charge in [0.05, 0.1) is 6.54 Å². The van der Waals surface area contributed by atoms with Crippen LogP contribution in [0.25, 0.3) is 0 Å². The minimum Gasteiger partial charge on any atom is -0.434 e. The van der Waals surface area contributed by atoms with Crippen LogP contribution in [0, 0.1) is 0 Å². The Balaban J connectivity index is 2.03. The number of benzene rings is 1. The van der Waals surface area contributed by atoms with Crippen molar-refractivity contribution < 1.29 is 13.5 Å². The molecule has 0 radical (unpaired) electrons. The molecule has 1 aliphatic rings. The molecule has 4 nitrogen and oxygen atoms in total. The molecule has 7 heteroatoms. The van der Waals surface area contributed by atoms with E-state index in [-0.39, 0.29) is 11.8 Å². The number of nitrogens with one attached hydrogen (secondary N) is 2. The van der Waals surface area contributed by atoms with Gasteiger partial charge < -0.3 is 15.4 Å². The van der Waals surface area contributed by atoms with E-state index in [0.29, 0.717) is 29.6 Å². The first-order valence-corrected chi connectivity index (χ1v) is 6.20. The average molecular weight is 290 g/mol. The summed E-state index contributed by atoms with van der Waals surface area (Å²) in [5.74, 6) is 0.758. The first-order valence-electron chi connectivity index (χ1n) is 5.82. The van der Waals surface area contributed by atoms with E-state index in [2.05, 4.69) is 20.4 Å². The molecule has 2 rings (SSSR count). The zero-order chi connectivity index (χ0) is 13.8. The fourth-order valence-electron chi connectivity index (χ4n) is 1.74. The lowest BCUT2D eigenvalue weighted by atomic mass is 10.2. The van der Waals surface area contributed by atoms with Gasteiger partial charge in [-0.25, -0.2) is 0 Å². The predicted molar refractivity (Wildman–Crippen MR) is 69.8 cm³/mol. The van der Waals surface area contributed by atoms with Crippen molar-refractivity contribution in [3.63, 3.8) is 0 Å². The van der Waals surface area contributed by atoms with Gasteiger partial charge in [-0.3, -0.25) is 4.99 Å². The van der Waals surface area contributed by atoms with Gasteiger partial charge in [0.1, 0.15) is 5.75 Å². The maximum Gasteiger partial charge on any atom is 0.387 e. The lowest BCUT2D eigenvalue weighted by Gasteiger charge is -2.13. The summed E-state index contributed by atoms with van der Waals surface area (Å²) in [6.07, 6.45) is 0. The third-order valence-electron chi connectivity index (χ3n) is 2.59. The fourth-order valence-corrected chi connectivity index (χ4v) is 1.93. The maximum atomic E-state index is 12.3. The quantitative estimate of drug-likeness (QED) is 0.894. The molecule has 19 heavy (non-hydrogen) atoms. The van der Waals surface area contributed by atoms with E-state index in [1.54, 1.807) is 6.07 Å². The zero-order valence-corrected chi connectivity index (χ0v) is 11.0. The third-order valence-corrected chi connectivity index (χ3v) is 2.83. The minimum atomic E-state index is -2.86. The van der Waals surface area contributed by atoms with E-state index in [1.165, 1.54) is 12.1 Å². The summed E-state index contributed by atoms with van der Waals surface area (Å²) in [6, 6.07) is 4.80. The predicted octanol–water partition coefficient (Wildman–Crippen LogP) is 2.38. The van der Waals surface area contributed by atoms with Crippen LogP contribution in [0.2, 0.25) is 5.02 Å². The molecule has 1 aliphatic heterocycles. The molecule has 0 fully saturated rings. The number of rotatable bonds is 4. The molecule has 1 atom stereocenters. The monoisotopic (exact) mass is 289 g/mol. The highest BCUT2D eigenvalue weighted by Gasteiger charge is 2.14. The van der Waals surface area contributed by atoms with E-state index in [9.17, 15) is 8.78 Å². The molecule has 2 N–H and O–H groups in total. The van der Waals surface area contributed by atoms with Crippen molar-refractivity contribution in [1.29, 1.82) is 0 Å². The third kappa shape index (κ3) is 3.96. The molecule has 0 spiro atoms. The summed E-state index contributed by atoms with van der Waals surface area (Å²) in [7, 11) is 0. The Bertz CT molecular complexity index is 482. The van der Waals surface area contributed by atoms with Crippen LogP contribution < -0.4 is 15.4 Å². The van der Waals surface area contributed by atoms with Crippen molar-refractivity contribution >= 4 is 17.6 Å². The number of guanidine groups is 1. The first kappa shape index (κ1) is 13.9. The second kappa shape index (κ2) is 6.06. The van der Waals surface area contributed by atoms with Crippen LogP contribution in [0.15, 0.2) is 23.2 Å². The minimum absolute atomic E-state index is 0.110. The summed E-state index contributed by atoms with van der Waals surface area (Å²) < 4.78 is 29.0. The van der Waals surface area contributed by atoms with E-state index in [0.717, 1.165) is 0 Å². The van der Waals surface area contributed by atoms with E-state index >= 15 is 0 Å². The molecule has 0 saturated heterocycles. The van der Waals surface area contributed by atoms with Crippen molar-refractivity contribution in [3.8, 4) is 5.75 Å². The van der Waals surface area contributed by atoms with Gasteiger partial charge in [-0.15, -0.1) is 0 Å². The highest BCUT2D eigenvalue weighted by Crippen LogP contribution is 2.24. The second-order valence-electron chi connectivity index (χ2n) is 4.22. The molecule has 1 heterocycles. The highest BCUT2D eigenvalue weighted by atomic mass is 35.5. The normalized spacial score (nSPS) is 18.2. The Morgan fingerprint density at radius 3 is 3.00 bits per heavy atom. The van der Waals surface area contributed by atoms with Gasteiger partial charge in [0, 0.05) is 23.2 Å². The zero-order valence-electron chi connectivity index (χ0n) is 10.3. The van der Waals surface area contributed by atoms with Gasteiger partial charge in [-0.1, -0.05) is 11.6 Å². The Morgan fingerprint density at radius 2 is 2.37 bits per heavy atom. The molecule has 1 aromatic rings. The van der Waals surface area contributed by atoms with Crippen molar-refractivity contribution in [3.05, 3.63) is 28.8 Å². The lowest BCUT2D eigenvalue weighted by Crippen LogP contribution is -2.37. The molecule has 0 bridgehead atoms. The van der Waals surface area contributed by atoms with Gasteiger partial charge in [0.15, 0.2) is 5.96 Å². The van der Waals surface area contributed by atoms with Crippen LogP contribution >= 0.6 is 11.6 Å². The smallest absolute Gasteiger partial charge is 0.387 e. The summed E-state index contributed by atoms with van der Waals surface area (Å²) in [4.78, 5) is 4.22. The standard InChI is InChI=1S/C12H14ClF2N3O/c1-7-5-16-12(18-7)17-6-8-4-9(13)2-3-10(8)19-11(14)15/h2-4,7,11H,5-6H2,1H3,(H2,16,17,18). The number of ether oxygens (including phenoxy) is 1. The van der Waals surface area contributed by atoms with Gasteiger partial charge in [0.25, 0.3) is 0 Å². The van der Waals surface area contributed by atoms with Crippen LogP contribution in [-0.4, -0.2) is 25.2 Å². The molecule has 0 saturated carbocycles. The Morgan fingerprint density at radius 1 is 1.58 bits per heavy atom. The van der Waals surface area contributed by atoms with Crippen LogP contribution in [0.3, 0.4) is 0 Å². The number of halogens is 3. The van der Waals surface area contributed by atoms with Crippen LogP contribution in [-0.2, 0) is 6.54 Å². The average Bonchev–Trinajstić information content (AvgIpc) is 2.75. The van der Waals surface area contributed by atoms with Crippen molar-refractivity contribution in [2.45, 2.75) is 26.1 Å². The molecular formula is C12H14ClF2N3O. The Kier molecular flexibility index (Phi) is 4.42. The van der Waals surface area contributed by atoms with Gasteiger partial charge >= 0.3 is 6.61 Å². The van der Waals surface area contributed by atoms with Crippen molar-refractivity contribution in [1.82, 2.24) is 10.6 Å². The molecule has 1 aromatic carbocycles. The fraction of sp³-hybridized carbons (Fsp3) is 0.417. The molecular weight excluding hydrogens is 276 g/mol. The molecule has 104 valence electrons. The topological polar surface area (TPSA) is 45.7 Å². The van der Waals surface area contributed by atoms with Gasteiger partial charge in [0.2, 0.25) is 0 Å². The molecule has 0 aromatic heterocycles.